The van der Waals surface area contributed by atoms with Crippen molar-refractivity contribution in [2.24, 2.45) is 52.3 Å². The summed E-state index contributed by atoms with van der Waals surface area (Å²) in [4.78, 5) is 0. The van der Waals surface area contributed by atoms with E-state index in [-0.39, 0.29) is 12.2 Å². The highest BCUT2D eigenvalue weighted by atomic mass is 16.3. The van der Waals surface area contributed by atoms with Gasteiger partial charge in [0.15, 0.2) is 0 Å². The van der Waals surface area contributed by atoms with Gasteiger partial charge in [-0.1, -0.05) is 34.1 Å². The fraction of sp³-hybridized carbons (Fsp3) is 1.00. The largest absolute Gasteiger partial charge is 0.396 e. The molecule has 4 aliphatic rings. The van der Waals surface area contributed by atoms with E-state index in [0.717, 1.165) is 44.4 Å². The monoisotopic (exact) mass is 406 g/mol. The number of hydrogen-bond acceptors (Lipinski definition) is 3. The van der Waals surface area contributed by atoms with Gasteiger partial charge in [0.2, 0.25) is 0 Å². The van der Waals surface area contributed by atoms with E-state index in [2.05, 4.69) is 27.7 Å². The maximum Gasteiger partial charge on any atom is 0.0605 e. The quantitative estimate of drug-likeness (QED) is 0.601. The predicted octanol–water partition coefficient (Wildman–Crippen LogP) is 5.02. The van der Waals surface area contributed by atoms with E-state index >= 15 is 0 Å². The summed E-state index contributed by atoms with van der Waals surface area (Å²) in [7, 11) is 0. The Morgan fingerprint density at radius 3 is 2.31 bits per heavy atom. The number of aliphatic hydroxyl groups excluding tert-OH is 3. The molecule has 0 aliphatic heterocycles. The number of hydrogen-bond donors (Lipinski definition) is 3. The maximum atomic E-state index is 11.7. The first kappa shape index (κ1) is 22.1. The van der Waals surface area contributed by atoms with E-state index in [4.69, 9.17) is 0 Å². The van der Waals surface area contributed by atoms with E-state index in [1.807, 2.05) is 0 Å². The molecule has 4 fully saturated rings. The van der Waals surface area contributed by atoms with Gasteiger partial charge in [-0.3, -0.25) is 0 Å². The van der Waals surface area contributed by atoms with Crippen LogP contribution in [-0.2, 0) is 0 Å². The van der Waals surface area contributed by atoms with Crippen LogP contribution in [0.2, 0.25) is 0 Å². The van der Waals surface area contributed by atoms with E-state index in [9.17, 15) is 15.3 Å². The van der Waals surface area contributed by atoms with E-state index in [0.29, 0.717) is 52.9 Å². The normalized spacial score (nSPS) is 53.1. The second-order valence-electron chi connectivity index (χ2n) is 12.0. The Morgan fingerprint density at radius 2 is 1.62 bits per heavy atom. The minimum absolute atomic E-state index is 0.164. The SMILES string of the molecule is CC[C@H]1[C@@H](O)[C@@H]2[C@H](CC[C@]3(C)C([C@H](C)CCCO)CC[C@@H]23)[C@@]2(C)CC[C@@H](O)C[C@@H]12. The second kappa shape index (κ2) is 8.10. The topological polar surface area (TPSA) is 60.7 Å². The molecule has 0 heterocycles. The van der Waals surface area contributed by atoms with Crippen molar-refractivity contribution >= 4 is 0 Å². The van der Waals surface area contributed by atoms with Crippen molar-refractivity contribution in [2.75, 3.05) is 6.61 Å². The zero-order valence-corrected chi connectivity index (χ0v) is 19.3. The van der Waals surface area contributed by atoms with Crippen LogP contribution in [0.15, 0.2) is 0 Å². The summed E-state index contributed by atoms with van der Waals surface area (Å²) in [6.45, 7) is 10.0. The summed E-state index contributed by atoms with van der Waals surface area (Å²) in [5, 5.41) is 31.4. The Balaban J connectivity index is 1.63. The molecule has 3 N–H and O–H groups in total. The summed E-state index contributed by atoms with van der Waals surface area (Å²) < 4.78 is 0. The van der Waals surface area contributed by atoms with Crippen LogP contribution in [0.4, 0.5) is 0 Å². The molecule has 0 spiro atoms. The summed E-state index contributed by atoms with van der Waals surface area (Å²) in [6.07, 6.45) is 10.9. The van der Waals surface area contributed by atoms with Gasteiger partial charge in [-0.15, -0.1) is 0 Å². The molecule has 1 unspecified atom stereocenters. The molecule has 4 aliphatic carbocycles. The lowest BCUT2D eigenvalue weighted by Gasteiger charge is -2.64. The lowest BCUT2D eigenvalue weighted by Crippen LogP contribution is -2.62. The van der Waals surface area contributed by atoms with E-state index in [1.165, 1.54) is 25.7 Å². The van der Waals surface area contributed by atoms with Crippen molar-refractivity contribution < 1.29 is 15.3 Å². The third-order valence-electron chi connectivity index (χ3n) is 11.0. The number of aliphatic hydroxyl groups is 3. The van der Waals surface area contributed by atoms with Gasteiger partial charge in [-0.05, 0) is 110 Å². The fourth-order valence-electron chi connectivity index (χ4n) is 9.55. The number of rotatable bonds is 5. The minimum Gasteiger partial charge on any atom is -0.396 e. The Morgan fingerprint density at radius 1 is 0.931 bits per heavy atom. The molecule has 168 valence electrons. The van der Waals surface area contributed by atoms with Crippen LogP contribution in [0.3, 0.4) is 0 Å². The van der Waals surface area contributed by atoms with Crippen LogP contribution in [0, 0.1) is 52.3 Å². The molecule has 29 heavy (non-hydrogen) atoms. The van der Waals surface area contributed by atoms with Gasteiger partial charge in [-0.25, -0.2) is 0 Å². The standard InChI is InChI=1S/C26H46O3/c1-5-18-22-15-17(28)10-12-26(22,4)21-11-13-25(3)19(16(2)7-6-14-27)8-9-20(25)23(21)24(18)29/h16-24,27-29H,5-15H2,1-4H3/t16-,17-,18-,19?,20+,21+,22+,23+,24-,25-,26-/m1/s1. The van der Waals surface area contributed by atoms with Crippen LogP contribution < -0.4 is 0 Å². The van der Waals surface area contributed by atoms with Gasteiger partial charge < -0.3 is 15.3 Å². The van der Waals surface area contributed by atoms with Crippen molar-refractivity contribution in [1.29, 1.82) is 0 Å². The molecule has 0 saturated heterocycles. The lowest BCUT2D eigenvalue weighted by molar-refractivity contribution is -0.203. The molecule has 4 saturated carbocycles. The zero-order valence-electron chi connectivity index (χ0n) is 19.3. The molecule has 0 amide bonds. The van der Waals surface area contributed by atoms with Crippen molar-refractivity contribution in [3.63, 3.8) is 0 Å². The van der Waals surface area contributed by atoms with Gasteiger partial charge in [0.05, 0.1) is 12.2 Å². The Kier molecular flexibility index (Phi) is 6.17. The second-order valence-corrected chi connectivity index (χ2v) is 12.0. The third-order valence-corrected chi connectivity index (χ3v) is 11.0. The Bertz CT molecular complexity index is 578. The average molecular weight is 407 g/mol. The van der Waals surface area contributed by atoms with Crippen LogP contribution in [-0.4, -0.2) is 34.1 Å². The highest BCUT2D eigenvalue weighted by Crippen LogP contribution is 2.69. The van der Waals surface area contributed by atoms with Crippen molar-refractivity contribution in [2.45, 2.75) is 104 Å². The van der Waals surface area contributed by atoms with E-state index in [1.54, 1.807) is 0 Å². The van der Waals surface area contributed by atoms with Gasteiger partial charge in [-0.2, -0.15) is 0 Å². The minimum atomic E-state index is -0.190. The van der Waals surface area contributed by atoms with E-state index < -0.39 is 0 Å². The summed E-state index contributed by atoms with van der Waals surface area (Å²) in [5.74, 6) is 3.97. The molecule has 0 bridgehead atoms. The third kappa shape index (κ3) is 3.33. The summed E-state index contributed by atoms with van der Waals surface area (Å²) in [6, 6.07) is 0. The van der Waals surface area contributed by atoms with Crippen LogP contribution in [0.1, 0.15) is 91.9 Å². The molecule has 3 nitrogen and oxygen atoms in total. The first-order valence-electron chi connectivity index (χ1n) is 12.7. The summed E-state index contributed by atoms with van der Waals surface area (Å²) in [5.41, 5.74) is 0.651. The van der Waals surface area contributed by atoms with Crippen molar-refractivity contribution in [3.8, 4) is 0 Å². The molecule has 0 aromatic carbocycles. The fourth-order valence-corrected chi connectivity index (χ4v) is 9.55. The molecule has 0 aromatic heterocycles. The van der Waals surface area contributed by atoms with Crippen molar-refractivity contribution in [3.05, 3.63) is 0 Å². The van der Waals surface area contributed by atoms with Gasteiger partial charge in [0.25, 0.3) is 0 Å². The lowest BCUT2D eigenvalue weighted by atomic mass is 9.41. The smallest absolute Gasteiger partial charge is 0.0605 e. The predicted molar refractivity (Wildman–Crippen MR) is 117 cm³/mol. The first-order valence-corrected chi connectivity index (χ1v) is 12.7. The van der Waals surface area contributed by atoms with Crippen LogP contribution in [0.25, 0.3) is 0 Å². The highest BCUT2D eigenvalue weighted by Gasteiger charge is 2.64. The summed E-state index contributed by atoms with van der Waals surface area (Å²) >= 11 is 0. The number of fused-ring (bicyclic) bond motifs is 5. The molecular formula is C26H46O3. The molecule has 0 aromatic rings. The molecule has 4 rings (SSSR count). The van der Waals surface area contributed by atoms with Crippen LogP contribution in [0.5, 0.6) is 0 Å². The highest BCUT2D eigenvalue weighted by molar-refractivity contribution is 5.13. The van der Waals surface area contributed by atoms with Gasteiger partial charge in [0, 0.05) is 6.61 Å². The average Bonchev–Trinajstić information content (AvgIpc) is 3.05. The maximum absolute atomic E-state index is 11.7. The van der Waals surface area contributed by atoms with Crippen LogP contribution >= 0.6 is 0 Å². The Labute approximate surface area is 178 Å². The first-order chi connectivity index (χ1) is 13.8. The Hall–Kier alpha value is -0.120. The molecular weight excluding hydrogens is 360 g/mol. The molecule has 0 radical (unpaired) electrons. The molecule has 3 heteroatoms. The molecule has 11 atom stereocenters. The van der Waals surface area contributed by atoms with Gasteiger partial charge >= 0.3 is 0 Å². The van der Waals surface area contributed by atoms with Crippen molar-refractivity contribution in [1.82, 2.24) is 0 Å². The van der Waals surface area contributed by atoms with Gasteiger partial charge in [0.1, 0.15) is 0 Å². The zero-order chi connectivity index (χ0) is 21.0.